The van der Waals surface area contributed by atoms with Crippen LogP contribution in [0.15, 0.2) is 127 Å². The Kier molecular flexibility index (Phi) is 4.20. The third-order valence-corrected chi connectivity index (χ3v) is 8.40. The van der Waals surface area contributed by atoms with Crippen LogP contribution in [0.5, 0.6) is 5.75 Å². The summed E-state index contributed by atoms with van der Waals surface area (Å²) in [4.78, 5) is 5.42. The molecule has 3 heteroatoms. The fraction of sp³-hybridized carbons (Fsp3) is 0. The molecular weight excluding hydrogens is 488 g/mol. The topological polar surface area (TPSA) is 38.0 Å². The number of para-hydroxylation sites is 1. The van der Waals surface area contributed by atoms with Crippen LogP contribution in [0, 0.1) is 0 Å². The lowest BCUT2D eigenvalue weighted by atomic mass is 9.92. The van der Waals surface area contributed by atoms with Crippen molar-refractivity contribution in [2.75, 3.05) is 0 Å². The minimum absolute atomic E-state index is 0.240. The van der Waals surface area contributed by atoms with Crippen LogP contribution in [-0.4, -0.2) is 14.7 Å². The first-order valence-electron chi connectivity index (χ1n) is 13.5. The van der Waals surface area contributed by atoms with E-state index in [0.29, 0.717) is 0 Å². The fourth-order valence-electron chi connectivity index (χ4n) is 6.69. The van der Waals surface area contributed by atoms with Crippen LogP contribution in [0.25, 0.3) is 81.6 Å². The molecule has 9 rings (SSSR count). The Morgan fingerprint density at radius 2 is 1.05 bits per heavy atom. The number of hydrogen-bond acceptors (Lipinski definition) is 2. The van der Waals surface area contributed by atoms with E-state index in [-0.39, 0.29) is 5.75 Å². The van der Waals surface area contributed by atoms with Crippen molar-refractivity contribution in [3.63, 3.8) is 0 Å². The minimum Gasteiger partial charge on any atom is -0.508 e. The maximum absolute atomic E-state index is 10.5. The third-order valence-electron chi connectivity index (χ3n) is 8.40. The summed E-state index contributed by atoms with van der Waals surface area (Å²) in [6.45, 7) is 0. The predicted molar refractivity (Wildman–Crippen MR) is 168 cm³/mol. The number of nitrogens with zero attached hydrogens (tertiary/aromatic N) is 2. The second-order valence-corrected chi connectivity index (χ2v) is 10.5. The summed E-state index contributed by atoms with van der Waals surface area (Å²) in [5.41, 5.74) is 2.96. The average Bonchev–Trinajstić information content (AvgIpc) is 3.33. The van der Waals surface area contributed by atoms with Crippen LogP contribution in [0.1, 0.15) is 0 Å². The molecule has 0 aliphatic carbocycles. The number of phenols is 1. The molecule has 0 saturated heterocycles. The summed E-state index contributed by atoms with van der Waals surface area (Å²) < 4.78 is 2.22. The summed E-state index contributed by atoms with van der Waals surface area (Å²) in [7, 11) is 0. The summed E-state index contributed by atoms with van der Waals surface area (Å²) in [6, 6.07) is 44.4. The molecule has 1 N–H and O–H groups in total. The molecule has 0 atom stereocenters. The number of hydrogen-bond donors (Lipinski definition) is 1. The van der Waals surface area contributed by atoms with E-state index in [4.69, 9.17) is 4.98 Å². The molecule has 7 aromatic carbocycles. The van der Waals surface area contributed by atoms with Crippen molar-refractivity contribution in [2.45, 2.75) is 0 Å². The third kappa shape index (κ3) is 2.81. The van der Waals surface area contributed by atoms with Gasteiger partial charge >= 0.3 is 0 Å². The van der Waals surface area contributed by atoms with Crippen molar-refractivity contribution in [3.05, 3.63) is 127 Å². The van der Waals surface area contributed by atoms with Gasteiger partial charge < -0.3 is 5.11 Å². The summed E-state index contributed by atoms with van der Waals surface area (Å²) in [6.07, 6.45) is 0. The summed E-state index contributed by atoms with van der Waals surface area (Å²) in [5, 5.41) is 23.5. The Morgan fingerprint density at radius 3 is 1.88 bits per heavy atom. The molecule has 0 amide bonds. The summed E-state index contributed by atoms with van der Waals surface area (Å²) in [5.74, 6) is 1.11. The molecule has 0 aliphatic heterocycles. The van der Waals surface area contributed by atoms with E-state index in [2.05, 4.69) is 114 Å². The molecule has 2 aromatic heterocycles. The molecule has 0 bridgehead atoms. The highest BCUT2D eigenvalue weighted by molar-refractivity contribution is 6.32. The molecule has 2 heterocycles. The van der Waals surface area contributed by atoms with Crippen molar-refractivity contribution in [3.8, 4) is 11.6 Å². The zero-order chi connectivity index (χ0) is 26.4. The SMILES string of the molecule is Oc1ccc2c3ccccc3n(-c3nc4ccc5ccc6ccccc6c5c4c4c3ccc3ccccc34)c2c1. The van der Waals surface area contributed by atoms with Crippen molar-refractivity contribution >= 4 is 75.8 Å². The van der Waals surface area contributed by atoms with E-state index in [9.17, 15) is 5.11 Å². The monoisotopic (exact) mass is 510 g/mol. The lowest BCUT2D eigenvalue weighted by molar-refractivity contribution is 0.476. The highest BCUT2D eigenvalue weighted by Gasteiger charge is 2.20. The molecular formula is C37H22N2O. The molecule has 0 fully saturated rings. The second kappa shape index (κ2) is 7.81. The highest BCUT2D eigenvalue weighted by Crippen LogP contribution is 2.42. The lowest BCUT2D eigenvalue weighted by Crippen LogP contribution is -2.00. The highest BCUT2D eigenvalue weighted by atomic mass is 16.3. The Balaban J connectivity index is 1.58. The number of phenolic OH excluding ortho intramolecular Hbond substituents is 1. The van der Waals surface area contributed by atoms with Gasteiger partial charge in [-0.1, -0.05) is 91.0 Å². The van der Waals surface area contributed by atoms with E-state index in [0.717, 1.165) is 38.5 Å². The first-order valence-corrected chi connectivity index (χ1v) is 13.5. The van der Waals surface area contributed by atoms with Gasteiger partial charge in [0.15, 0.2) is 0 Å². The summed E-state index contributed by atoms with van der Waals surface area (Å²) >= 11 is 0. The van der Waals surface area contributed by atoms with Crippen LogP contribution in [-0.2, 0) is 0 Å². The number of aromatic nitrogens is 2. The van der Waals surface area contributed by atoms with Gasteiger partial charge in [0.25, 0.3) is 0 Å². The van der Waals surface area contributed by atoms with Crippen molar-refractivity contribution in [2.24, 2.45) is 0 Å². The molecule has 186 valence electrons. The smallest absolute Gasteiger partial charge is 0.146 e. The largest absolute Gasteiger partial charge is 0.508 e. The molecule has 9 aromatic rings. The minimum atomic E-state index is 0.240. The number of aromatic hydroxyl groups is 1. The molecule has 0 unspecified atom stereocenters. The van der Waals surface area contributed by atoms with Gasteiger partial charge in [-0.15, -0.1) is 0 Å². The zero-order valence-corrected chi connectivity index (χ0v) is 21.5. The van der Waals surface area contributed by atoms with Crippen LogP contribution >= 0.6 is 0 Å². The quantitative estimate of drug-likeness (QED) is 0.223. The lowest BCUT2D eigenvalue weighted by Gasteiger charge is -2.17. The van der Waals surface area contributed by atoms with E-state index in [1.54, 1.807) is 6.07 Å². The van der Waals surface area contributed by atoms with Gasteiger partial charge in [-0.05, 0) is 62.6 Å². The Morgan fingerprint density at radius 1 is 0.450 bits per heavy atom. The van der Waals surface area contributed by atoms with Crippen molar-refractivity contribution < 1.29 is 5.11 Å². The molecule has 40 heavy (non-hydrogen) atoms. The van der Waals surface area contributed by atoms with E-state index in [1.165, 1.54) is 43.1 Å². The Hall–Kier alpha value is -5.41. The van der Waals surface area contributed by atoms with E-state index >= 15 is 0 Å². The van der Waals surface area contributed by atoms with Gasteiger partial charge in [0.2, 0.25) is 0 Å². The Bertz CT molecular complexity index is 2500. The normalized spacial score (nSPS) is 12.1. The maximum atomic E-state index is 10.5. The van der Waals surface area contributed by atoms with Crippen LogP contribution in [0.3, 0.4) is 0 Å². The first-order chi connectivity index (χ1) is 19.8. The molecule has 3 nitrogen and oxygen atoms in total. The van der Waals surface area contributed by atoms with Gasteiger partial charge in [-0.2, -0.15) is 0 Å². The average molecular weight is 511 g/mol. The van der Waals surface area contributed by atoms with Crippen LogP contribution < -0.4 is 0 Å². The van der Waals surface area contributed by atoms with Crippen LogP contribution in [0.4, 0.5) is 0 Å². The molecule has 0 radical (unpaired) electrons. The van der Waals surface area contributed by atoms with Gasteiger partial charge in [0, 0.05) is 33.0 Å². The number of pyridine rings is 1. The van der Waals surface area contributed by atoms with Crippen LogP contribution in [0.2, 0.25) is 0 Å². The number of rotatable bonds is 1. The van der Waals surface area contributed by atoms with Gasteiger partial charge in [0.05, 0.1) is 16.6 Å². The van der Waals surface area contributed by atoms with Gasteiger partial charge in [-0.3, -0.25) is 4.57 Å². The van der Waals surface area contributed by atoms with Crippen molar-refractivity contribution in [1.82, 2.24) is 9.55 Å². The molecule has 0 aliphatic rings. The zero-order valence-electron chi connectivity index (χ0n) is 21.5. The first kappa shape index (κ1) is 21.5. The standard InChI is InChI=1S/C37H22N2O/c40-25-17-19-29-28-11-5-6-12-32(28)39(33(29)21-25)37-30-18-15-23-8-2-4-10-27(23)35(30)36-31(38-37)20-16-24-14-13-22-7-1-3-9-26(22)34(24)36/h1-21,40H. The number of fused-ring (bicyclic) bond motifs is 12. The van der Waals surface area contributed by atoms with Crippen molar-refractivity contribution in [1.29, 1.82) is 0 Å². The molecule has 0 spiro atoms. The predicted octanol–water partition coefficient (Wildman–Crippen LogP) is 9.65. The Labute approximate surface area is 229 Å². The number of benzene rings is 7. The van der Waals surface area contributed by atoms with E-state index in [1.807, 2.05) is 12.1 Å². The second-order valence-electron chi connectivity index (χ2n) is 10.5. The fourth-order valence-corrected chi connectivity index (χ4v) is 6.69. The van der Waals surface area contributed by atoms with Gasteiger partial charge in [0.1, 0.15) is 11.6 Å². The van der Waals surface area contributed by atoms with E-state index < -0.39 is 0 Å². The maximum Gasteiger partial charge on any atom is 0.146 e. The van der Waals surface area contributed by atoms with Gasteiger partial charge in [-0.25, -0.2) is 4.98 Å². The molecule has 0 saturated carbocycles.